The molecule has 0 bridgehead atoms. The average molecular weight is 892 g/mol. The highest BCUT2D eigenvalue weighted by molar-refractivity contribution is 5.77. The van der Waals surface area contributed by atoms with Crippen LogP contribution in [-0.2, 0) is 14.3 Å². The summed E-state index contributed by atoms with van der Waals surface area (Å²) in [4.78, 5) is 26.2. The predicted molar refractivity (Wildman–Crippen MR) is 278 cm³/mol. The number of aliphatic hydroxyl groups is 2. The minimum absolute atomic E-state index is 0.0201. The number of carbonyl (C=O) groups is 2. The zero-order valence-electron chi connectivity index (χ0n) is 41.9. The maximum atomic E-state index is 13.2. The number of allylic oxidation sites excluding steroid dienone is 14. The van der Waals surface area contributed by atoms with Gasteiger partial charge in [-0.1, -0.05) is 254 Å². The lowest BCUT2D eigenvalue weighted by atomic mass is 10.0. The molecular weight excluding hydrogens is 791 g/mol. The fourth-order valence-corrected chi connectivity index (χ4v) is 7.82. The van der Waals surface area contributed by atoms with Gasteiger partial charge in [0.25, 0.3) is 0 Å². The lowest BCUT2D eigenvalue weighted by Crippen LogP contribution is -2.46. The minimum atomic E-state index is -0.813. The maximum Gasteiger partial charge on any atom is 0.306 e. The summed E-state index contributed by atoms with van der Waals surface area (Å²) in [5.74, 6) is -0.560. The molecule has 0 spiro atoms. The molecule has 0 aromatic rings. The van der Waals surface area contributed by atoms with Crippen LogP contribution in [0.5, 0.6) is 0 Å². The molecule has 3 N–H and O–H groups in total. The number of hydrogen-bond donors (Lipinski definition) is 3. The highest BCUT2D eigenvalue weighted by atomic mass is 16.5. The van der Waals surface area contributed by atoms with Crippen molar-refractivity contribution in [3.63, 3.8) is 0 Å². The second-order valence-electron chi connectivity index (χ2n) is 18.0. The topological polar surface area (TPSA) is 95.9 Å². The highest BCUT2D eigenvalue weighted by Crippen LogP contribution is 2.17. The van der Waals surface area contributed by atoms with Crippen molar-refractivity contribution in [2.75, 3.05) is 6.61 Å². The predicted octanol–water partition coefficient (Wildman–Crippen LogP) is 16.3. The molecule has 6 heteroatoms. The first-order chi connectivity index (χ1) is 31.5. The van der Waals surface area contributed by atoms with Gasteiger partial charge in [0.1, 0.15) is 6.10 Å². The molecule has 0 aliphatic heterocycles. The fourth-order valence-electron chi connectivity index (χ4n) is 7.82. The van der Waals surface area contributed by atoms with Crippen LogP contribution in [0.15, 0.2) is 85.1 Å². The van der Waals surface area contributed by atoms with E-state index < -0.39 is 18.2 Å². The molecule has 0 rings (SSSR count). The quantitative estimate of drug-likeness (QED) is 0.0245. The van der Waals surface area contributed by atoms with Gasteiger partial charge < -0.3 is 20.3 Å². The molecule has 0 aliphatic carbocycles. The van der Waals surface area contributed by atoms with Crippen LogP contribution in [0.1, 0.15) is 245 Å². The zero-order valence-corrected chi connectivity index (χ0v) is 41.9. The van der Waals surface area contributed by atoms with Crippen molar-refractivity contribution in [2.45, 2.75) is 264 Å². The lowest BCUT2D eigenvalue weighted by molar-refractivity contribution is -0.151. The van der Waals surface area contributed by atoms with E-state index in [9.17, 15) is 19.8 Å². The van der Waals surface area contributed by atoms with Crippen LogP contribution in [0.2, 0.25) is 0 Å². The Kier molecular flexibility index (Phi) is 48.7. The van der Waals surface area contributed by atoms with Crippen LogP contribution in [0.4, 0.5) is 0 Å². The summed E-state index contributed by atoms with van der Waals surface area (Å²) in [6, 6.07) is -0.731. The number of unbranched alkanes of at least 4 members (excludes halogenated alkanes) is 26. The number of nitrogens with one attached hydrogen (secondary N) is 1. The summed E-state index contributed by atoms with van der Waals surface area (Å²) in [5.41, 5.74) is 0. The van der Waals surface area contributed by atoms with E-state index in [0.29, 0.717) is 19.3 Å². The molecule has 0 aromatic heterocycles. The molecule has 3 unspecified atom stereocenters. The van der Waals surface area contributed by atoms with E-state index in [1.807, 2.05) is 60.8 Å². The molecule has 0 aromatic carbocycles. The molecule has 0 saturated carbocycles. The van der Waals surface area contributed by atoms with Crippen molar-refractivity contribution in [1.29, 1.82) is 0 Å². The largest absolute Gasteiger partial charge is 0.462 e. The summed E-state index contributed by atoms with van der Waals surface area (Å²) in [6.45, 7) is 6.32. The second kappa shape index (κ2) is 51.0. The monoisotopic (exact) mass is 892 g/mol. The standard InChI is InChI=1S/C58H101NO5/c1-4-7-10-13-16-19-22-25-28-30-33-36-39-42-45-48-51-58(63)64-54(49-46-43-40-37-34-31-29-26-23-20-17-14-11-8-5-2)52-57(62)59-55(53-60)56(61)50-47-44-41-38-35-32-27-24-21-18-15-12-9-6-3/h8,11,14,17,20,23,26,28-31,34,37,40,54-56,60-61H,4-7,9-10,12-13,15-16,18-19,21-22,24-25,27,32-33,35-36,38-39,41-53H2,1-3H3,(H,59,62)/b11-8-,17-14+,23-20+,29-26-,30-28+,34-31+,40-37+. The normalized spacial score (nSPS) is 13.9. The molecule has 368 valence electrons. The first kappa shape index (κ1) is 61.0. The molecule has 6 nitrogen and oxygen atoms in total. The maximum absolute atomic E-state index is 13.2. The van der Waals surface area contributed by atoms with Gasteiger partial charge in [0.2, 0.25) is 5.91 Å². The Hall–Kier alpha value is -2.96. The van der Waals surface area contributed by atoms with Gasteiger partial charge in [0.15, 0.2) is 0 Å². The average Bonchev–Trinajstić information content (AvgIpc) is 3.29. The van der Waals surface area contributed by atoms with Crippen molar-refractivity contribution >= 4 is 11.9 Å². The Bertz CT molecular complexity index is 1230. The number of amides is 1. The van der Waals surface area contributed by atoms with Gasteiger partial charge in [0.05, 0.1) is 25.2 Å². The van der Waals surface area contributed by atoms with Crippen LogP contribution in [0.25, 0.3) is 0 Å². The third-order valence-electron chi connectivity index (χ3n) is 11.9. The Morgan fingerprint density at radius 3 is 1.34 bits per heavy atom. The van der Waals surface area contributed by atoms with Gasteiger partial charge in [-0.25, -0.2) is 0 Å². The van der Waals surface area contributed by atoms with Crippen molar-refractivity contribution in [1.82, 2.24) is 5.32 Å². The van der Waals surface area contributed by atoms with E-state index in [2.05, 4.69) is 50.4 Å². The summed E-state index contributed by atoms with van der Waals surface area (Å²) in [5, 5.41) is 23.8. The van der Waals surface area contributed by atoms with Crippen molar-refractivity contribution in [2.24, 2.45) is 0 Å². The van der Waals surface area contributed by atoms with Gasteiger partial charge >= 0.3 is 5.97 Å². The first-order valence-electron chi connectivity index (χ1n) is 26.9. The summed E-state index contributed by atoms with van der Waals surface area (Å²) in [7, 11) is 0. The molecule has 0 fully saturated rings. The zero-order chi connectivity index (χ0) is 46.7. The number of carbonyl (C=O) groups excluding carboxylic acids is 2. The lowest BCUT2D eigenvalue weighted by Gasteiger charge is -2.24. The van der Waals surface area contributed by atoms with Crippen molar-refractivity contribution in [3.05, 3.63) is 85.1 Å². The third kappa shape index (κ3) is 45.6. The van der Waals surface area contributed by atoms with Crippen LogP contribution in [0, 0.1) is 0 Å². The number of ether oxygens (including phenoxy) is 1. The summed E-state index contributed by atoms with van der Waals surface area (Å²) < 4.78 is 5.90. The van der Waals surface area contributed by atoms with E-state index in [1.54, 1.807) is 0 Å². The van der Waals surface area contributed by atoms with Crippen LogP contribution in [0.3, 0.4) is 0 Å². The Morgan fingerprint density at radius 1 is 0.469 bits per heavy atom. The fraction of sp³-hybridized carbons (Fsp3) is 0.724. The number of esters is 1. The van der Waals surface area contributed by atoms with Crippen LogP contribution >= 0.6 is 0 Å². The Labute approximate surface area is 395 Å². The molecule has 64 heavy (non-hydrogen) atoms. The van der Waals surface area contributed by atoms with E-state index >= 15 is 0 Å². The second-order valence-corrected chi connectivity index (χ2v) is 18.0. The van der Waals surface area contributed by atoms with E-state index in [1.165, 1.54) is 135 Å². The molecule has 0 saturated heterocycles. The molecular formula is C58H101NO5. The van der Waals surface area contributed by atoms with E-state index in [0.717, 1.165) is 64.2 Å². The first-order valence-corrected chi connectivity index (χ1v) is 26.9. The molecule has 0 radical (unpaired) electrons. The molecule has 0 heterocycles. The minimum Gasteiger partial charge on any atom is -0.462 e. The van der Waals surface area contributed by atoms with Crippen LogP contribution in [-0.4, -0.2) is 46.9 Å². The van der Waals surface area contributed by atoms with Gasteiger partial charge in [0, 0.05) is 6.42 Å². The van der Waals surface area contributed by atoms with Gasteiger partial charge in [-0.05, 0) is 64.2 Å². The van der Waals surface area contributed by atoms with Crippen molar-refractivity contribution in [3.8, 4) is 0 Å². The molecule has 1 amide bonds. The van der Waals surface area contributed by atoms with E-state index in [-0.39, 0.29) is 24.9 Å². The number of rotatable bonds is 47. The van der Waals surface area contributed by atoms with Crippen molar-refractivity contribution < 1.29 is 24.5 Å². The summed E-state index contributed by atoms with van der Waals surface area (Å²) in [6.07, 6.45) is 66.4. The molecule has 3 atom stereocenters. The number of hydrogen-bond acceptors (Lipinski definition) is 5. The Morgan fingerprint density at radius 2 is 0.875 bits per heavy atom. The SMILES string of the molecule is CC\C=C/C=C/C=C/C=C\C=C\C=C\CCCC(CC(=O)NC(CO)C(O)CCCCCCCCCCCCCCCC)OC(=O)CCCCCCC/C=C/CCCCCCCCC. The highest BCUT2D eigenvalue weighted by Gasteiger charge is 2.24. The smallest absolute Gasteiger partial charge is 0.306 e. The van der Waals surface area contributed by atoms with Gasteiger partial charge in [-0.15, -0.1) is 0 Å². The third-order valence-corrected chi connectivity index (χ3v) is 11.9. The number of aliphatic hydroxyl groups excluding tert-OH is 2. The molecule has 0 aliphatic rings. The Balaban J connectivity index is 4.72. The van der Waals surface area contributed by atoms with Gasteiger partial charge in [-0.3, -0.25) is 9.59 Å². The van der Waals surface area contributed by atoms with E-state index in [4.69, 9.17) is 4.74 Å². The van der Waals surface area contributed by atoms with Gasteiger partial charge in [-0.2, -0.15) is 0 Å². The van der Waals surface area contributed by atoms with Crippen LogP contribution < -0.4 is 5.32 Å². The summed E-state index contributed by atoms with van der Waals surface area (Å²) >= 11 is 0.